The highest BCUT2D eigenvalue weighted by Gasteiger charge is 2.23. The lowest BCUT2D eigenvalue weighted by atomic mass is 10.2. The number of aryl methyl sites for hydroxylation is 1. The Morgan fingerprint density at radius 3 is 2.96 bits per heavy atom. The van der Waals surface area contributed by atoms with Gasteiger partial charge in [0.2, 0.25) is 0 Å². The first-order valence-electron chi connectivity index (χ1n) is 7.13. The Morgan fingerprint density at radius 1 is 1.39 bits per heavy atom. The summed E-state index contributed by atoms with van der Waals surface area (Å²) < 4.78 is 9.79. The number of hydrogen-bond acceptors (Lipinski definition) is 5. The van der Waals surface area contributed by atoms with Crippen LogP contribution in [0.1, 0.15) is 11.3 Å². The monoisotopic (exact) mass is 316 g/mol. The summed E-state index contributed by atoms with van der Waals surface area (Å²) in [5, 5.41) is 8.97. The maximum absolute atomic E-state index is 11.8. The quantitative estimate of drug-likeness (QED) is 0.902. The third-order valence-electron chi connectivity index (χ3n) is 3.31. The molecule has 1 fully saturated rings. The number of nitrogens with zero attached hydrogens (tertiary/aromatic N) is 2. The lowest BCUT2D eigenvalue weighted by Gasteiger charge is -2.14. The molecule has 8 heteroatoms. The minimum absolute atomic E-state index is 0.319. The minimum Gasteiger partial charge on any atom is -0.447 e. The number of urea groups is 1. The second-order valence-electron chi connectivity index (χ2n) is 5.07. The van der Waals surface area contributed by atoms with Gasteiger partial charge in [-0.25, -0.2) is 9.59 Å². The van der Waals surface area contributed by atoms with Crippen LogP contribution in [0.15, 0.2) is 34.9 Å². The molecule has 2 N–H and O–H groups in total. The van der Waals surface area contributed by atoms with Gasteiger partial charge in [0, 0.05) is 18.3 Å². The molecule has 1 saturated heterocycles. The molecule has 0 spiro atoms. The molecule has 2 heterocycles. The molecule has 0 radical (unpaired) electrons. The van der Waals surface area contributed by atoms with Crippen LogP contribution in [-0.4, -0.2) is 30.4 Å². The van der Waals surface area contributed by atoms with E-state index in [0.29, 0.717) is 31.3 Å². The summed E-state index contributed by atoms with van der Waals surface area (Å²) >= 11 is 0. The van der Waals surface area contributed by atoms with Gasteiger partial charge in [-0.15, -0.1) is 0 Å². The molecular formula is C15H16N4O4. The first kappa shape index (κ1) is 14.9. The Kier molecular flexibility index (Phi) is 4.13. The molecule has 0 bridgehead atoms. The molecule has 8 nitrogen and oxygen atoms in total. The first-order chi connectivity index (χ1) is 11.1. The third-order valence-corrected chi connectivity index (χ3v) is 3.31. The molecule has 3 rings (SSSR count). The van der Waals surface area contributed by atoms with Crippen LogP contribution in [0.2, 0.25) is 0 Å². The summed E-state index contributed by atoms with van der Waals surface area (Å²) in [4.78, 5) is 24.9. The number of amides is 3. The van der Waals surface area contributed by atoms with E-state index in [1.165, 1.54) is 0 Å². The maximum Gasteiger partial charge on any atom is 0.414 e. The Bertz CT molecular complexity index is 728. The second kappa shape index (κ2) is 6.39. The fourth-order valence-electron chi connectivity index (χ4n) is 2.23. The van der Waals surface area contributed by atoms with Crippen molar-refractivity contribution in [2.24, 2.45) is 0 Å². The molecule has 0 unspecified atom stereocenters. The number of carbonyl (C=O) groups excluding carboxylic acids is 2. The Hall–Kier alpha value is -3.03. The third kappa shape index (κ3) is 3.60. The van der Waals surface area contributed by atoms with Gasteiger partial charge in [0.25, 0.3) is 0 Å². The fourth-order valence-corrected chi connectivity index (χ4v) is 2.23. The van der Waals surface area contributed by atoms with Crippen molar-refractivity contribution in [3.63, 3.8) is 0 Å². The van der Waals surface area contributed by atoms with Crippen LogP contribution in [-0.2, 0) is 11.3 Å². The summed E-state index contributed by atoms with van der Waals surface area (Å²) in [7, 11) is 0. The van der Waals surface area contributed by atoms with E-state index < -0.39 is 0 Å². The van der Waals surface area contributed by atoms with E-state index in [0.717, 1.165) is 11.3 Å². The van der Waals surface area contributed by atoms with E-state index in [4.69, 9.17) is 9.26 Å². The number of ether oxygens (including phenoxy) is 1. The van der Waals surface area contributed by atoms with Crippen LogP contribution in [0.25, 0.3) is 0 Å². The number of anilines is 2. The zero-order valence-corrected chi connectivity index (χ0v) is 12.5. The van der Waals surface area contributed by atoms with Crippen molar-refractivity contribution in [1.29, 1.82) is 0 Å². The predicted octanol–water partition coefficient (Wildman–Crippen LogP) is 2.26. The normalized spacial score (nSPS) is 13.8. The Morgan fingerprint density at radius 2 is 2.26 bits per heavy atom. The molecule has 23 heavy (non-hydrogen) atoms. The van der Waals surface area contributed by atoms with E-state index in [-0.39, 0.29) is 12.1 Å². The van der Waals surface area contributed by atoms with Gasteiger partial charge in [0.05, 0.1) is 6.54 Å². The number of carbonyl (C=O) groups is 2. The minimum atomic E-state index is -0.385. The number of aromatic nitrogens is 1. The first-order valence-corrected chi connectivity index (χ1v) is 7.13. The molecule has 2 aromatic rings. The highest BCUT2D eigenvalue weighted by atomic mass is 16.6. The standard InChI is InChI=1S/C15H16N4O4/c1-10-7-13(18-23-10)17-14(20)16-9-11-3-2-4-12(8-11)19-5-6-22-15(19)21/h2-4,7-8H,5-6,9H2,1H3,(H2,16,17,18,20). The highest BCUT2D eigenvalue weighted by Crippen LogP contribution is 2.19. The molecule has 1 aromatic carbocycles. The average molecular weight is 316 g/mol. The molecule has 1 aliphatic rings. The van der Waals surface area contributed by atoms with E-state index in [1.807, 2.05) is 24.3 Å². The van der Waals surface area contributed by atoms with Crippen molar-refractivity contribution in [2.75, 3.05) is 23.4 Å². The SMILES string of the molecule is Cc1cc(NC(=O)NCc2cccc(N3CCOC3=O)c2)no1. The van der Waals surface area contributed by atoms with E-state index in [9.17, 15) is 9.59 Å². The number of hydrogen-bond donors (Lipinski definition) is 2. The molecule has 3 amide bonds. The van der Waals surface area contributed by atoms with Crippen molar-refractivity contribution < 1.29 is 18.8 Å². The number of nitrogens with one attached hydrogen (secondary N) is 2. The van der Waals surface area contributed by atoms with Crippen LogP contribution in [0, 0.1) is 6.92 Å². The maximum atomic E-state index is 11.8. The van der Waals surface area contributed by atoms with Crippen LogP contribution in [0.4, 0.5) is 21.1 Å². The van der Waals surface area contributed by atoms with Crippen LogP contribution >= 0.6 is 0 Å². The van der Waals surface area contributed by atoms with E-state index in [1.54, 1.807) is 17.9 Å². The molecule has 0 saturated carbocycles. The molecule has 1 aromatic heterocycles. The number of benzene rings is 1. The smallest absolute Gasteiger partial charge is 0.414 e. The molecule has 120 valence electrons. The molecule has 0 atom stereocenters. The summed E-state index contributed by atoms with van der Waals surface area (Å²) in [5.74, 6) is 0.971. The molecular weight excluding hydrogens is 300 g/mol. The van der Waals surface area contributed by atoms with Crippen molar-refractivity contribution in [2.45, 2.75) is 13.5 Å². The van der Waals surface area contributed by atoms with Gasteiger partial charge in [-0.3, -0.25) is 10.2 Å². The van der Waals surface area contributed by atoms with Gasteiger partial charge in [0.15, 0.2) is 5.82 Å². The van der Waals surface area contributed by atoms with Gasteiger partial charge in [-0.05, 0) is 24.6 Å². The highest BCUT2D eigenvalue weighted by molar-refractivity contribution is 5.89. The van der Waals surface area contributed by atoms with Crippen LogP contribution in [0.5, 0.6) is 0 Å². The van der Waals surface area contributed by atoms with Gasteiger partial charge in [0.1, 0.15) is 12.4 Å². The lowest BCUT2D eigenvalue weighted by Crippen LogP contribution is -2.28. The zero-order valence-electron chi connectivity index (χ0n) is 12.5. The largest absolute Gasteiger partial charge is 0.447 e. The summed E-state index contributed by atoms with van der Waals surface area (Å²) in [5.41, 5.74) is 1.62. The lowest BCUT2D eigenvalue weighted by molar-refractivity contribution is 0.181. The second-order valence-corrected chi connectivity index (χ2v) is 5.07. The fraction of sp³-hybridized carbons (Fsp3) is 0.267. The summed E-state index contributed by atoms with van der Waals surface area (Å²) in [6.07, 6.45) is -0.353. The summed E-state index contributed by atoms with van der Waals surface area (Å²) in [6, 6.07) is 8.60. The average Bonchev–Trinajstić information content (AvgIpc) is 3.14. The molecule has 0 aliphatic carbocycles. The van der Waals surface area contributed by atoms with E-state index >= 15 is 0 Å². The van der Waals surface area contributed by atoms with Crippen molar-refractivity contribution in [3.8, 4) is 0 Å². The molecule has 1 aliphatic heterocycles. The van der Waals surface area contributed by atoms with Gasteiger partial charge >= 0.3 is 12.1 Å². The zero-order chi connectivity index (χ0) is 16.2. The van der Waals surface area contributed by atoms with E-state index in [2.05, 4.69) is 15.8 Å². The van der Waals surface area contributed by atoms with Crippen LogP contribution in [0.3, 0.4) is 0 Å². The van der Waals surface area contributed by atoms with Gasteiger partial charge in [-0.2, -0.15) is 0 Å². The van der Waals surface area contributed by atoms with Gasteiger partial charge < -0.3 is 14.6 Å². The van der Waals surface area contributed by atoms with Crippen LogP contribution < -0.4 is 15.5 Å². The van der Waals surface area contributed by atoms with Crippen molar-refractivity contribution in [1.82, 2.24) is 10.5 Å². The predicted molar refractivity (Wildman–Crippen MR) is 82.2 cm³/mol. The number of cyclic esters (lactones) is 1. The Labute approximate surface area is 132 Å². The van der Waals surface area contributed by atoms with Crippen molar-refractivity contribution in [3.05, 3.63) is 41.7 Å². The Balaban J connectivity index is 1.57. The number of rotatable bonds is 4. The topological polar surface area (TPSA) is 96.7 Å². The van der Waals surface area contributed by atoms with Crippen molar-refractivity contribution >= 4 is 23.6 Å². The van der Waals surface area contributed by atoms with Gasteiger partial charge in [-0.1, -0.05) is 17.3 Å². The summed E-state index contributed by atoms with van der Waals surface area (Å²) in [6.45, 7) is 2.98.